The molecular formula is C26H27BrCl2F9LiN2P2. The normalized spacial score (nSPS) is 10.5. The fourth-order valence-electron chi connectivity index (χ4n) is 2.51. The number of hydrogen-bond acceptors (Lipinski definition) is 2. The maximum atomic E-state index is 13.9. The minimum atomic E-state index is -2.32. The van der Waals surface area contributed by atoms with Gasteiger partial charge >= 0.3 is 18.9 Å². The summed E-state index contributed by atoms with van der Waals surface area (Å²) in [5.41, 5.74) is 0. The molecule has 43 heavy (non-hydrogen) atoms. The number of unbranched alkanes of at least 4 members (excludes halogenated alkanes) is 1. The van der Waals surface area contributed by atoms with Gasteiger partial charge in [-0.05, 0) is 44.1 Å². The average molecular weight is 758 g/mol. The Bertz CT molecular complexity index is 1160. The van der Waals surface area contributed by atoms with Crippen LogP contribution in [-0.4, -0.2) is 37.5 Å². The van der Waals surface area contributed by atoms with Gasteiger partial charge in [0.05, 0.1) is 15.1 Å². The summed E-state index contributed by atoms with van der Waals surface area (Å²) in [6.45, 7) is 4.84. The third kappa shape index (κ3) is 15.5. The maximum absolute atomic E-state index is 13.9. The summed E-state index contributed by atoms with van der Waals surface area (Å²) >= 11 is 13.3. The molecule has 2 nitrogen and oxygen atoms in total. The zero-order valence-corrected chi connectivity index (χ0v) is 28.8. The molecule has 3 aromatic carbocycles. The molecule has 0 aliphatic rings. The van der Waals surface area contributed by atoms with E-state index in [0.29, 0.717) is 36.4 Å². The number of benzene rings is 3. The summed E-state index contributed by atoms with van der Waals surface area (Å²) in [5, 5.41) is -1.32. The molecule has 0 radical (unpaired) electrons. The predicted molar refractivity (Wildman–Crippen MR) is 159 cm³/mol. The van der Waals surface area contributed by atoms with E-state index in [0.717, 1.165) is 6.42 Å². The van der Waals surface area contributed by atoms with Gasteiger partial charge in [0.25, 0.3) is 0 Å². The summed E-state index contributed by atoms with van der Waals surface area (Å²) in [5.74, 6) is -10.1. The monoisotopic (exact) mass is 756 g/mol. The fraction of sp³-hybridized carbons (Fsp3) is 0.269. The molecule has 0 aliphatic carbocycles. The molecule has 3 aromatic rings. The van der Waals surface area contributed by atoms with E-state index < -0.39 is 77.8 Å². The van der Waals surface area contributed by atoms with Crippen LogP contribution in [0.15, 0.2) is 40.9 Å². The minimum Gasteiger partial charge on any atom is -0.343 e. The fourth-order valence-corrected chi connectivity index (χ4v) is 4.83. The molecule has 0 heterocycles. The van der Waals surface area contributed by atoms with Crippen molar-refractivity contribution in [1.82, 2.24) is 9.34 Å². The Labute approximate surface area is 278 Å². The van der Waals surface area contributed by atoms with Crippen LogP contribution >= 0.6 is 53.3 Å². The number of hydrogen-bond donors (Lipinski definition) is 0. The first-order valence-corrected chi connectivity index (χ1v) is 16.7. The third-order valence-corrected chi connectivity index (χ3v) is 10.1. The molecule has 0 spiro atoms. The van der Waals surface area contributed by atoms with Crippen LogP contribution in [0.2, 0.25) is 0 Å². The Balaban J connectivity index is 0. The van der Waals surface area contributed by atoms with Crippen molar-refractivity contribution >= 4 is 63.9 Å². The molecular weight excluding hydrogens is 731 g/mol. The summed E-state index contributed by atoms with van der Waals surface area (Å²) < 4.78 is 121. The molecule has 0 unspecified atom stereocenters. The van der Waals surface area contributed by atoms with Crippen molar-refractivity contribution < 1.29 is 58.4 Å². The van der Waals surface area contributed by atoms with Crippen molar-refractivity contribution in [2.45, 2.75) is 19.8 Å². The van der Waals surface area contributed by atoms with E-state index >= 15 is 0 Å². The Morgan fingerprint density at radius 1 is 0.628 bits per heavy atom. The van der Waals surface area contributed by atoms with Gasteiger partial charge in [-0.25, -0.2) is 39.5 Å². The van der Waals surface area contributed by atoms with E-state index in [1.807, 2.05) is 14.1 Å². The van der Waals surface area contributed by atoms with Gasteiger partial charge in [-0.15, -0.1) is 0 Å². The number of halogens is 12. The van der Waals surface area contributed by atoms with Crippen LogP contribution in [0.1, 0.15) is 19.8 Å². The zero-order valence-electron chi connectivity index (χ0n) is 23.9. The Morgan fingerprint density at radius 3 is 1.05 bits per heavy atom. The molecule has 0 saturated carbocycles. The van der Waals surface area contributed by atoms with Crippen molar-refractivity contribution in [3.8, 4) is 0 Å². The van der Waals surface area contributed by atoms with Gasteiger partial charge in [-0.3, -0.25) is 9.34 Å². The second kappa shape index (κ2) is 22.1. The van der Waals surface area contributed by atoms with E-state index in [9.17, 15) is 39.5 Å². The van der Waals surface area contributed by atoms with Crippen molar-refractivity contribution in [3.63, 3.8) is 0 Å². The molecule has 0 bridgehead atoms. The molecule has 0 aliphatic heterocycles. The van der Waals surface area contributed by atoms with E-state index in [-0.39, 0.29) is 23.3 Å². The van der Waals surface area contributed by atoms with Crippen molar-refractivity contribution in [2.24, 2.45) is 0 Å². The Morgan fingerprint density at radius 2 is 0.860 bits per heavy atom. The number of rotatable bonds is 5. The average Bonchev–Trinajstić information content (AvgIpc) is 2.86. The molecule has 0 aromatic heterocycles. The van der Waals surface area contributed by atoms with E-state index in [4.69, 9.17) is 22.5 Å². The van der Waals surface area contributed by atoms with E-state index in [2.05, 4.69) is 29.8 Å². The summed E-state index contributed by atoms with van der Waals surface area (Å²) in [6.07, 6.45) is 2.28. The van der Waals surface area contributed by atoms with Gasteiger partial charge in [0.1, 0.15) is 52.4 Å². The molecule has 3 rings (SSSR count). The first-order valence-electron chi connectivity index (χ1n) is 11.5. The Kier molecular flexibility index (Phi) is 22.9. The van der Waals surface area contributed by atoms with E-state index in [1.165, 1.54) is 25.2 Å². The van der Waals surface area contributed by atoms with E-state index in [1.54, 1.807) is 4.67 Å². The van der Waals surface area contributed by atoms with Gasteiger partial charge < -0.3 is 6.92 Å². The minimum absolute atomic E-state index is 0. The summed E-state index contributed by atoms with van der Waals surface area (Å²) in [4.78, 5) is 0. The molecule has 236 valence electrons. The predicted octanol–water partition coefficient (Wildman–Crippen LogP) is 7.17. The molecule has 0 amide bonds. The summed E-state index contributed by atoms with van der Waals surface area (Å²) in [6, 6.07) is 2.92. The van der Waals surface area contributed by atoms with Gasteiger partial charge in [0.2, 0.25) is 0 Å². The first-order chi connectivity index (χ1) is 19.4. The van der Waals surface area contributed by atoms with Crippen LogP contribution in [0.4, 0.5) is 39.5 Å². The topological polar surface area (TPSA) is 6.48 Å². The van der Waals surface area contributed by atoms with Crippen LogP contribution < -0.4 is 29.5 Å². The third-order valence-electron chi connectivity index (χ3n) is 4.39. The van der Waals surface area contributed by atoms with Crippen LogP contribution in [0.3, 0.4) is 0 Å². The second-order valence-electron chi connectivity index (χ2n) is 8.19. The number of nitrogens with zero attached hydrogens (tertiary/aromatic N) is 2. The zero-order chi connectivity index (χ0) is 32.9. The van der Waals surface area contributed by atoms with Crippen LogP contribution in [0.25, 0.3) is 0 Å². The molecule has 0 fully saturated rings. The quantitative estimate of drug-likeness (QED) is 0.0681. The van der Waals surface area contributed by atoms with Crippen molar-refractivity contribution in [3.05, 3.63) is 100 Å². The molecule has 17 heteroatoms. The van der Waals surface area contributed by atoms with Crippen LogP contribution in [0, 0.1) is 59.3 Å². The molecule has 0 atom stereocenters. The Hall–Kier alpha value is -0.533. The van der Waals surface area contributed by atoms with Crippen LogP contribution in [0.5, 0.6) is 0 Å². The SMILES string of the molecule is CN(C)P(Cl)Cl.CN(C)P(c1c(F)cc(F)cc1F)c1c(F)cc(F)cc1F.Fc1cc(F)c(Br)c(F)c1.[CH2-]CCC.[Li+]. The van der Waals surface area contributed by atoms with Gasteiger partial charge in [-0.2, -0.15) is 6.42 Å². The maximum Gasteiger partial charge on any atom is 1.00 e. The van der Waals surface area contributed by atoms with Crippen LogP contribution in [-0.2, 0) is 0 Å². The first kappa shape index (κ1) is 44.6. The summed E-state index contributed by atoms with van der Waals surface area (Å²) in [7, 11) is 4.07. The van der Waals surface area contributed by atoms with Gasteiger partial charge in [-0.1, -0.05) is 35.8 Å². The molecule has 0 N–H and O–H groups in total. The standard InChI is InChI=1S/C14H10F6NP.C6H2BrF3.C4H9.C2H6Cl2NP.Li/c1-21(2)22(13-9(17)3-7(15)4-10(13)18)14-11(19)5-8(16)6-12(14)20;7-6-4(9)1-3(8)2-5(6)10;1-3-4-2;1-5(2)6(3)4;/h3-6H,1-2H3;1-2H;1,3-4H2,2H3;1-2H3;/q;;-1;;+1. The largest absolute Gasteiger partial charge is 1.00 e. The van der Waals surface area contributed by atoms with Crippen molar-refractivity contribution in [2.75, 3.05) is 28.2 Å². The van der Waals surface area contributed by atoms with Gasteiger partial charge in [0.15, 0.2) is 6.78 Å². The second-order valence-corrected chi connectivity index (χ2v) is 15.0. The smallest absolute Gasteiger partial charge is 0.343 e. The van der Waals surface area contributed by atoms with Crippen molar-refractivity contribution in [1.29, 1.82) is 0 Å². The molecule has 0 saturated heterocycles. The van der Waals surface area contributed by atoms with Gasteiger partial charge in [0, 0.05) is 44.5 Å².